The van der Waals surface area contributed by atoms with Crippen molar-refractivity contribution in [1.82, 2.24) is 5.32 Å². The Hall–Kier alpha value is -0.570. The van der Waals surface area contributed by atoms with E-state index in [1.165, 1.54) is 32.1 Å². The van der Waals surface area contributed by atoms with Gasteiger partial charge in [0.25, 0.3) is 0 Å². The van der Waals surface area contributed by atoms with E-state index in [1.54, 1.807) is 0 Å². The number of rotatable bonds is 3. The summed E-state index contributed by atoms with van der Waals surface area (Å²) in [7, 11) is 0. The molecule has 4 saturated carbocycles. The second-order valence-corrected chi connectivity index (χ2v) is 6.10. The molecule has 4 aliphatic carbocycles. The summed E-state index contributed by atoms with van der Waals surface area (Å²) in [6.07, 6.45) is 7.20. The van der Waals surface area contributed by atoms with Crippen molar-refractivity contribution in [2.45, 2.75) is 32.1 Å². The fourth-order valence-electron chi connectivity index (χ4n) is 4.68. The van der Waals surface area contributed by atoms with Crippen LogP contribution in [0.2, 0.25) is 0 Å². The van der Waals surface area contributed by atoms with E-state index < -0.39 is 0 Å². The summed E-state index contributed by atoms with van der Waals surface area (Å²) in [6, 6.07) is 0. The maximum atomic E-state index is 11.2. The Morgan fingerprint density at radius 2 is 1.62 bits per heavy atom. The van der Waals surface area contributed by atoms with Crippen LogP contribution in [0.4, 0.5) is 0 Å². The van der Waals surface area contributed by atoms with Gasteiger partial charge in [0.2, 0.25) is 5.91 Å². The third-order valence-electron chi connectivity index (χ3n) is 5.14. The van der Waals surface area contributed by atoms with Gasteiger partial charge in [-0.15, -0.1) is 0 Å². The van der Waals surface area contributed by atoms with E-state index in [-0.39, 0.29) is 12.5 Å². The second kappa shape index (κ2) is 4.02. The molecule has 4 rings (SSSR count). The fraction of sp³-hybridized carbons (Fsp3) is 0.923. The first-order valence-corrected chi connectivity index (χ1v) is 6.73. The third kappa shape index (κ3) is 1.75. The fourth-order valence-corrected chi connectivity index (χ4v) is 4.68. The molecule has 4 aliphatic rings. The lowest BCUT2D eigenvalue weighted by Crippen LogP contribution is -2.49. The van der Waals surface area contributed by atoms with Gasteiger partial charge in [0, 0.05) is 6.54 Å². The quantitative estimate of drug-likeness (QED) is 0.752. The molecule has 0 unspecified atom stereocenters. The van der Waals surface area contributed by atoms with E-state index in [9.17, 15) is 4.79 Å². The van der Waals surface area contributed by atoms with E-state index in [1.807, 2.05) is 0 Å². The van der Waals surface area contributed by atoms with Crippen LogP contribution in [-0.2, 0) is 4.79 Å². The van der Waals surface area contributed by atoms with Gasteiger partial charge in [0.05, 0.1) is 6.54 Å². The Morgan fingerprint density at radius 3 is 2.12 bits per heavy atom. The van der Waals surface area contributed by atoms with E-state index >= 15 is 0 Å². The smallest absolute Gasteiger partial charge is 0.233 e. The van der Waals surface area contributed by atoms with E-state index in [2.05, 4.69) is 5.32 Å². The van der Waals surface area contributed by atoms with Crippen molar-refractivity contribution in [2.24, 2.45) is 35.3 Å². The summed E-state index contributed by atoms with van der Waals surface area (Å²) in [5.41, 5.74) is 5.32. The minimum absolute atomic E-state index is 0.00815. The topological polar surface area (TPSA) is 55.1 Å². The molecule has 0 spiro atoms. The molecule has 4 bridgehead atoms. The predicted octanol–water partition coefficient (Wildman–Crippen LogP) is 1.13. The summed E-state index contributed by atoms with van der Waals surface area (Å²) < 4.78 is 0. The summed E-state index contributed by atoms with van der Waals surface area (Å²) in [4.78, 5) is 11.2. The van der Waals surface area contributed by atoms with Gasteiger partial charge in [-0.2, -0.15) is 0 Å². The zero-order valence-electron chi connectivity index (χ0n) is 9.82. The van der Waals surface area contributed by atoms with Crippen molar-refractivity contribution in [2.75, 3.05) is 13.1 Å². The Balaban J connectivity index is 1.61. The molecule has 0 aliphatic heterocycles. The summed E-state index contributed by atoms with van der Waals surface area (Å²) in [6.45, 7) is 1.01. The normalized spacial score (nSPS) is 44.7. The Labute approximate surface area is 97.2 Å². The Bertz CT molecular complexity index is 262. The van der Waals surface area contributed by atoms with Crippen LogP contribution < -0.4 is 11.1 Å². The zero-order chi connectivity index (χ0) is 11.1. The molecule has 3 heteroatoms. The lowest BCUT2D eigenvalue weighted by molar-refractivity contribution is -0.120. The summed E-state index contributed by atoms with van der Waals surface area (Å²) in [5.74, 6) is 4.59. The molecule has 90 valence electrons. The average Bonchev–Trinajstić information content (AvgIpc) is 2.26. The zero-order valence-corrected chi connectivity index (χ0v) is 9.82. The number of hydrogen-bond donors (Lipinski definition) is 2. The first-order chi connectivity index (χ1) is 7.76. The minimum Gasteiger partial charge on any atom is -0.355 e. The van der Waals surface area contributed by atoms with Crippen molar-refractivity contribution in [3.63, 3.8) is 0 Å². The number of carbonyl (C=O) groups excluding carboxylic acids is 1. The first kappa shape index (κ1) is 10.6. The second-order valence-electron chi connectivity index (χ2n) is 6.10. The van der Waals surface area contributed by atoms with Gasteiger partial charge < -0.3 is 11.1 Å². The SMILES string of the molecule is NCC(=O)NCC1C2CC3CC(C2)CC1C3. The van der Waals surface area contributed by atoms with Crippen LogP contribution in [-0.4, -0.2) is 19.0 Å². The lowest BCUT2D eigenvalue weighted by Gasteiger charge is -2.54. The van der Waals surface area contributed by atoms with Crippen LogP contribution in [0.3, 0.4) is 0 Å². The number of amides is 1. The molecule has 0 aromatic rings. The molecule has 0 heterocycles. The molecule has 0 saturated heterocycles. The predicted molar refractivity (Wildman–Crippen MR) is 62.6 cm³/mol. The van der Waals surface area contributed by atoms with Crippen molar-refractivity contribution in [1.29, 1.82) is 0 Å². The minimum atomic E-state index is 0.00815. The molecular weight excluding hydrogens is 200 g/mol. The van der Waals surface area contributed by atoms with E-state index in [0.717, 1.165) is 36.1 Å². The highest BCUT2D eigenvalue weighted by Crippen LogP contribution is 2.56. The number of carbonyl (C=O) groups is 1. The average molecular weight is 222 g/mol. The van der Waals surface area contributed by atoms with Crippen LogP contribution in [0, 0.1) is 29.6 Å². The highest BCUT2D eigenvalue weighted by molar-refractivity contribution is 5.77. The van der Waals surface area contributed by atoms with Gasteiger partial charge in [-0.05, 0) is 61.7 Å². The largest absolute Gasteiger partial charge is 0.355 e. The molecule has 0 atom stereocenters. The molecule has 0 radical (unpaired) electrons. The molecule has 3 N–H and O–H groups in total. The van der Waals surface area contributed by atoms with Crippen LogP contribution in [0.1, 0.15) is 32.1 Å². The van der Waals surface area contributed by atoms with Crippen molar-refractivity contribution < 1.29 is 4.79 Å². The molecule has 3 nitrogen and oxygen atoms in total. The Kier molecular flexibility index (Phi) is 2.66. The van der Waals surface area contributed by atoms with Gasteiger partial charge in [-0.25, -0.2) is 0 Å². The summed E-state index contributed by atoms with van der Waals surface area (Å²) in [5, 5.41) is 3.00. The molecule has 1 amide bonds. The molecular formula is C13H22N2O. The van der Waals surface area contributed by atoms with Crippen molar-refractivity contribution in [3.8, 4) is 0 Å². The van der Waals surface area contributed by atoms with Crippen LogP contribution in [0.5, 0.6) is 0 Å². The molecule has 16 heavy (non-hydrogen) atoms. The van der Waals surface area contributed by atoms with Crippen molar-refractivity contribution >= 4 is 5.91 Å². The first-order valence-electron chi connectivity index (χ1n) is 6.73. The molecule has 4 fully saturated rings. The standard InChI is InChI=1S/C13H22N2O/c14-6-13(16)15-7-12-10-2-8-1-9(4-10)5-11(12)3-8/h8-12H,1-7,14H2,(H,15,16). The number of nitrogens with one attached hydrogen (secondary N) is 1. The monoisotopic (exact) mass is 222 g/mol. The van der Waals surface area contributed by atoms with Crippen LogP contribution in [0.25, 0.3) is 0 Å². The summed E-state index contributed by atoms with van der Waals surface area (Å²) >= 11 is 0. The van der Waals surface area contributed by atoms with Gasteiger partial charge in [0.15, 0.2) is 0 Å². The van der Waals surface area contributed by atoms with Crippen LogP contribution in [0.15, 0.2) is 0 Å². The van der Waals surface area contributed by atoms with Gasteiger partial charge in [-0.3, -0.25) is 4.79 Å². The van der Waals surface area contributed by atoms with Crippen molar-refractivity contribution in [3.05, 3.63) is 0 Å². The van der Waals surface area contributed by atoms with Gasteiger partial charge in [0.1, 0.15) is 0 Å². The number of hydrogen-bond acceptors (Lipinski definition) is 2. The number of nitrogens with two attached hydrogens (primary N) is 1. The maximum absolute atomic E-state index is 11.2. The third-order valence-corrected chi connectivity index (χ3v) is 5.14. The Morgan fingerprint density at radius 1 is 1.06 bits per heavy atom. The van der Waals surface area contributed by atoms with E-state index in [0.29, 0.717) is 0 Å². The van der Waals surface area contributed by atoms with Gasteiger partial charge in [-0.1, -0.05) is 0 Å². The van der Waals surface area contributed by atoms with Crippen LogP contribution >= 0.6 is 0 Å². The van der Waals surface area contributed by atoms with E-state index in [4.69, 9.17) is 5.73 Å². The molecule has 0 aromatic carbocycles. The highest BCUT2D eigenvalue weighted by Gasteiger charge is 2.47. The highest BCUT2D eigenvalue weighted by atomic mass is 16.1. The molecule has 0 aromatic heterocycles. The maximum Gasteiger partial charge on any atom is 0.233 e. The lowest BCUT2D eigenvalue weighted by atomic mass is 9.52. The van der Waals surface area contributed by atoms with Gasteiger partial charge >= 0.3 is 0 Å².